The van der Waals surface area contributed by atoms with E-state index in [9.17, 15) is 4.39 Å². The highest BCUT2D eigenvalue weighted by Gasteiger charge is 2.15. The average Bonchev–Trinajstić information content (AvgIpc) is 2.76. The summed E-state index contributed by atoms with van der Waals surface area (Å²) >= 11 is 7.44. The Hall–Kier alpha value is -0.970. The third-order valence-electron chi connectivity index (χ3n) is 3.15. The molecule has 1 N–H and O–H groups in total. The van der Waals surface area contributed by atoms with Crippen LogP contribution in [0.2, 0.25) is 5.02 Å². The van der Waals surface area contributed by atoms with Gasteiger partial charge in [-0.1, -0.05) is 30.7 Å². The standard InChI is InChI=1S/C15H18ClFN2S/c1-4-18-9(2)15-10(3)19-13(20-15)8-11-6-5-7-12(16)14(11)17/h5-7,9,18H,4,8H2,1-3H3. The second kappa shape index (κ2) is 6.66. The van der Waals surface area contributed by atoms with Gasteiger partial charge in [-0.05, 0) is 32.0 Å². The molecule has 1 aromatic carbocycles. The summed E-state index contributed by atoms with van der Waals surface area (Å²) in [6, 6.07) is 5.36. The normalized spacial score (nSPS) is 12.7. The molecule has 1 heterocycles. The molecule has 0 fully saturated rings. The maximum Gasteiger partial charge on any atom is 0.145 e. The van der Waals surface area contributed by atoms with Crippen molar-refractivity contribution in [2.45, 2.75) is 33.2 Å². The summed E-state index contributed by atoms with van der Waals surface area (Å²) in [4.78, 5) is 5.76. The number of aryl methyl sites for hydroxylation is 1. The van der Waals surface area contributed by atoms with E-state index in [1.807, 2.05) is 6.92 Å². The number of aromatic nitrogens is 1. The maximum absolute atomic E-state index is 13.9. The van der Waals surface area contributed by atoms with E-state index in [1.165, 1.54) is 4.88 Å². The predicted octanol–water partition coefficient (Wildman–Crippen LogP) is 4.51. The summed E-state index contributed by atoms with van der Waals surface area (Å²) in [5.74, 6) is -0.344. The Morgan fingerprint density at radius 1 is 1.45 bits per heavy atom. The summed E-state index contributed by atoms with van der Waals surface area (Å²) in [5.41, 5.74) is 1.61. The van der Waals surface area contributed by atoms with Crippen molar-refractivity contribution in [2.24, 2.45) is 0 Å². The third-order valence-corrected chi connectivity index (χ3v) is 4.79. The zero-order valence-corrected chi connectivity index (χ0v) is 13.4. The Kier molecular flexibility index (Phi) is 5.13. The van der Waals surface area contributed by atoms with Crippen molar-refractivity contribution in [2.75, 3.05) is 6.54 Å². The van der Waals surface area contributed by atoms with Gasteiger partial charge in [0.25, 0.3) is 0 Å². The summed E-state index contributed by atoms with van der Waals surface area (Å²) in [6.45, 7) is 7.11. The van der Waals surface area contributed by atoms with Crippen LogP contribution in [-0.4, -0.2) is 11.5 Å². The molecular weight excluding hydrogens is 295 g/mol. The van der Waals surface area contributed by atoms with E-state index < -0.39 is 0 Å². The fraction of sp³-hybridized carbons (Fsp3) is 0.400. The topological polar surface area (TPSA) is 24.9 Å². The van der Waals surface area contributed by atoms with Crippen LogP contribution < -0.4 is 5.32 Å². The fourth-order valence-electron chi connectivity index (χ4n) is 2.19. The van der Waals surface area contributed by atoms with Gasteiger partial charge in [0.05, 0.1) is 15.7 Å². The first-order chi connectivity index (χ1) is 9.52. The Labute approximate surface area is 128 Å². The van der Waals surface area contributed by atoms with Gasteiger partial charge in [-0.2, -0.15) is 0 Å². The number of thiazole rings is 1. The van der Waals surface area contributed by atoms with Gasteiger partial charge in [-0.25, -0.2) is 9.37 Å². The second-order valence-electron chi connectivity index (χ2n) is 4.73. The lowest BCUT2D eigenvalue weighted by Crippen LogP contribution is -2.17. The lowest BCUT2D eigenvalue weighted by atomic mass is 10.1. The number of benzene rings is 1. The molecule has 2 rings (SSSR count). The van der Waals surface area contributed by atoms with Crippen molar-refractivity contribution in [3.05, 3.63) is 50.2 Å². The molecule has 0 bridgehead atoms. The van der Waals surface area contributed by atoms with Crippen molar-refractivity contribution in [3.63, 3.8) is 0 Å². The summed E-state index contributed by atoms with van der Waals surface area (Å²) in [5, 5.41) is 4.46. The van der Waals surface area contributed by atoms with Crippen molar-refractivity contribution in [1.82, 2.24) is 10.3 Å². The van der Waals surface area contributed by atoms with E-state index in [-0.39, 0.29) is 16.9 Å². The number of rotatable bonds is 5. The molecule has 0 aliphatic rings. The Morgan fingerprint density at radius 2 is 2.20 bits per heavy atom. The van der Waals surface area contributed by atoms with Gasteiger partial charge < -0.3 is 5.32 Å². The first-order valence-corrected chi connectivity index (χ1v) is 7.84. The molecule has 0 spiro atoms. The molecule has 0 saturated carbocycles. The van der Waals surface area contributed by atoms with E-state index in [0.29, 0.717) is 12.0 Å². The molecule has 1 unspecified atom stereocenters. The Morgan fingerprint density at radius 3 is 2.90 bits per heavy atom. The van der Waals surface area contributed by atoms with E-state index in [2.05, 4.69) is 24.1 Å². The van der Waals surface area contributed by atoms with Crippen LogP contribution in [0, 0.1) is 12.7 Å². The van der Waals surface area contributed by atoms with E-state index in [4.69, 9.17) is 11.6 Å². The van der Waals surface area contributed by atoms with E-state index in [0.717, 1.165) is 17.2 Å². The minimum absolute atomic E-state index is 0.164. The number of nitrogens with one attached hydrogen (secondary N) is 1. The molecule has 2 nitrogen and oxygen atoms in total. The van der Waals surface area contributed by atoms with Crippen molar-refractivity contribution >= 4 is 22.9 Å². The van der Waals surface area contributed by atoms with Crippen LogP contribution in [0.4, 0.5) is 4.39 Å². The molecule has 20 heavy (non-hydrogen) atoms. The van der Waals surface area contributed by atoms with Crippen LogP contribution in [-0.2, 0) is 6.42 Å². The molecule has 1 aromatic heterocycles. The Balaban J connectivity index is 2.22. The number of halogens is 2. The van der Waals surface area contributed by atoms with Crippen molar-refractivity contribution in [1.29, 1.82) is 0 Å². The summed E-state index contributed by atoms with van der Waals surface area (Å²) in [6.07, 6.45) is 0.483. The molecule has 0 saturated heterocycles. The van der Waals surface area contributed by atoms with Crippen molar-refractivity contribution < 1.29 is 4.39 Å². The fourth-order valence-corrected chi connectivity index (χ4v) is 3.50. The highest BCUT2D eigenvalue weighted by Crippen LogP contribution is 2.28. The number of hydrogen-bond donors (Lipinski definition) is 1. The molecular formula is C15H18ClFN2S. The van der Waals surface area contributed by atoms with Gasteiger partial charge in [0.2, 0.25) is 0 Å². The molecule has 5 heteroatoms. The van der Waals surface area contributed by atoms with Crippen LogP contribution in [0.15, 0.2) is 18.2 Å². The van der Waals surface area contributed by atoms with Gasteiger partial charge in [-0.3, -0.25) is 0 Å². The second-order valence-corrected chi connectivity index (χ2v) is 6.25. The highest BCUT2D eigenvalue weighted by molar-refractivity contribution is 7.11. The zero-order chi connectivity index (χ0) is 14.7. The maximum atomic E-state index is 13.9. The predicted molar refractivity (Wildman–Crippen MR) is 83.2 cm³/mol. The first kappa shape index (κ1) is 15.4. The molecule has 1 atom stereocenters. The Bertz CT molecular complexity index is 598. The van der Waals surface area contributed by atoms with Crippen LogP contribution in [0.1, 0.15) is 41.0 Å². The van der Waals surface area contributed by atoms with E-state index in [1.54, 1.807) is 29.5 Å². The minimum atomic E-state index is -0.344. The number of hydrogen-bond acceptors (Lipinski definition) is 3. The molecule has 2 aromatic rings. The largest absolute Gasteiger partial charge is 0.310 e. The quantitative estimate of drug-likeness (QED) is 0.879. The monoisotopic (exact) mass is 312 g/mol. The molecule has 0 aliphatic carbocycles. The highest BCUT2D eigenvalue weighted by atomic mass is 35.5. The van der Waals surface area contributed by atoms with Gasteiger partial charge in [0, 0.05) is 17.3 Å². The molecule has 0 aliphatic heterocycles. The molecule has 0 amide bonds. The van der Waals surface area contributed by atoms with E-state index >= 15 is 0 Å². The SMILES string of the molecule is CCNC(C)c1sc(Cc2cccc(Cl)c2F)nc1C. The van der Waals surface area contributed by atoms with Gasteiger partial charge in [0.15, 0.2) is 0 Å². The van der Waals surface area contributed by atoms with Gasteiger partial charge in [-0.15, -0.1) is 11.3 Å². The van der Waals surface area contributed by atoms with Crippen LogP contribution in [0.25, 0.3) is 0 Å². The third kappa shape index (κ3) is 3.37. The number of nitrogens with zero attached hydrogens (tertiary/aromatic N) is 1. The minimum Gasteiger partial charge on any atom is -0.310 e. The lowest BCUT2D eigenvalue weighted by molar-refractivity contribution is 0.603. The van der Waals surface area contributed by atoms with Crippen LogP contribution >= 0.6 is 22.9 Å². The van der Waals surface area contributed by atoms with Crippen LogP contribution in [0.3, 0.4) is 0 Å². The lowest BCUT2D eigenvalue weighted by Gasteiger charge is -2.09. The smallest absolute Gasteiger partial charge is 0.145 e. The molecule has 0 radical (unpaired) electrons. The summed E-state index contributed by atoms with van der Waals surface area (Å²) < 4.78 is 13.9. The van der Waals surface area contributed by atoms with Crippen molar-refractivity contribution in [3.8, 4) is 0 Å². The molecule has 108 valence electrons. The summed E-state index contributed by atoms with van der Waals surface area (Å²) in [7, 11) is 0. The average molecular weight is 313 g/mol. The van der Waals surface area contributed by atoms with Gasteiger partial charge >= 0.3 is 0 Å². The first-order valence-electron chi connectivity index (χ1n) is 6.65. The van der Waals surface area contributed by atoms with Gasteiger partial charge in [0.1, 0.15) is 5.82 Å². The van der Waals surface area contributed by atoms with Crippen LogP contribution in [0.5, 0.6) is 0 Å². The zero-order valence-electron chi connectivity index (χ0n) is 11.8.